The number of methoxy groups -OCH3 is 1. The van der Waals surface area contributed by atoms with Gasteiger partial charge in [0.2, 0.25) is 11.8 Å². The average molecular weight is 378 g/mol. The highest BCUT2D eigenvalue weighted by atomic mass is 16.5. The third-order valence-corrected chi connectivity index (χ3v) is 5.83. The number of hydrogen-bond donors (Lipinski definition) is 0. The van der Waals surface area contributed by atoms with Crippen LogP contribution in [0.4, 0.5) is 0 Å². The van der Waals surface area contributed by atoms with E-state index in [0.717, 1.165) is 29.7 Å². The molecule has 5 rings (SSSR count). The molecule has 3 aliphatic rings. The monoisotopic (exact) mass is 378 g/mol. The van der Waals surface area contributed by atoms with Crippen molar-refractivity contribution in [2.24, 2.45) is 5.92 Å². The van der Waals surface area contributed by atoms with Crippen LogP contribution in [0.2, 0.25) is 0 Å². The summed E-state index contributed by atoms with van der Waals surface area (Å²) in [6.45, 7) is 1.78. The van der Waals surface area contributed by atoms with Crippen LogP contribution in [-0.4, -0.2) is 47.9 Å². The molecule has 5 nitrogen and oxygen atoms in total. The van der Waals surface area contributed by atoms with Crippen LogP contribution in [0.25, 0.3) is 0 Å². The minimum absolute atomic E-state index is 0.0829. The molecule has 3 aliphatic heterocycles. The summed E-state index contributed by atoms with van der Waals surface area (Å²) in [5, 5.41) is 0. The summed E-state index contributed by atoms with van der Waals surface area (Å²) < 4.78 is 5.25. The Labute approximate surface area is 165 Å². The van der Waals surface area contributed by atoms with E-state index in [1.165, 1.54) is 0 Å². The number of nitrogens with zero attached hydrogens (tertiary/aromatic N) is 2. The third-order valence-electron chi connectivity index (χ3n) is 5.83. The van der Waals surface area contributed by atoms with Gasteiger partial charge in [0.1, 0.15) is 5.75 Å². The van der Waals surface area contributed by atoms with Gasteiger partial charge in [0.25, 0.3) is 0 Å². The second-order valence-corrected chi connectivity index (χ2v) is 7.71. The largest absolute Gasteiger partial charge is 0.497 e. The normalized spacial score (nSPS) is 21.5. The highest BCUT2D eigenvalue weighted by molar-refractivity contribution is 5.84. The zero-order chi connectivity index (χ0) is 19.5. The van der Waals surface area contributed by atoms with Crippen LogP contribution in [0.3, 0.4) is 0 Å². The van der Waals surface area contributed by atoms with E-state index >= 15 is 0 Å². The van der Waals surface area contributed by atoms with Gasteiger partial charge in [-0.1, -0.05) is 42.5 Å². The van der Waals surface area contributed by atoms with Crippen LogP contribution in [-0.2, 0) is 22.6 Å². The van der Waals surface area contributed by atoms with Gasteiger partial charge in [-0.05, 0) is 36.1 Å². The summed E-state index contributed by atoms with van der Waals surface area (Å²) in [7, 11) is 1.63. The summed E-state index contributed by atoms with van der Waals surface area (Å²) in [6.07, 6.45) is 2.17. The summed E-state index contributed by atoms with van der Waals surface area (Å²) in [6, 6.07) is 17.8. The number of carbonyl (C=O) groups is 2. The van der Waals surface area contributed by atoms with Gasteiger partial charge in [-0.3, -0.25) is 9.59 Å². The highest BCUT2D eigenvalue weighted by Gasteiger charge is 2.41. The van der Waals surface area contributed by atoms with E-state index in [1.54, 1.807) is 7.11 Å². The molecule has 5 heteroatoms. The van der Waals surface area contributed by atoms with Gasteiger partial charge in [-0.2, -0.15) is 0 Å². The number of ether oxygens (including phenoxy) is 1. The molecule has 0 saturated carbocycles. The van der Waals surface area contributed by atoms with Crippen molar-refractivity contribution < 1.29 is 14.3 Å². The lowest BCUT2D eigenvalue weighted by atomic mass is 9.93. The van der Waals surface area contributed by atoms with E-state index in [4.69, 9.17) is 4.74 Å². The topological polar surface area (TPSA) is 49.9 Å². The molecule has 28 heavy (non-hydrogen) atoms. The van der Waals surface area contributed by atoms with Gasteiger partial charge in [-0.15, -0.1) is 0 Å². The van der Waals surface area contributed by atoms with Crippen molar-refractivity contribution in [1.29, 1.82) is 0 Å². The Bertz CT molecular complexity index is 852. The summed E-state index contributed by atoms with van der Waals surface area (Å²) in [5.41, 5.74) is 2.08. The van der Waals surface area contributed by atoms with E-state index in [0.29, 0.717) is 26.1 Å². The van der Waals surface area contributed by atoms with Crippen LogP contribution in [0.15, 0.2) is 54.6 Å². The lowest BCUT2D eigenvalue weighted by Crippen LogP contribution is -2.47. The number of amides is 2. The molecule has 146 valence electrons. The predicted octanol–water partition coefficient (Wildman–Crippen LogP) is 2.89. The molecule has 2 aromatic rings. The first kappa shape index (κ1) is 18.5. The van der Waals surface area contributed by atoms with Crippen molar-refractivity contribution in [3.05, 3.63) is 65.7 Å². The minimum atomic E-state index is -0.0864. The van der Waals surface area contributed by atoms with Crippen molar-refractivity contribution in [3.8, 4) is 5.75 Å². The Morgan fingerprint density at radius 3 is 2.61 bits per heavy atom. The van der Waals surface area contributed by atoms with Gasteiger partial charge in [0.15, 0.2) is 0 Å². The molecule has 2 aromatic carbocycles. The van der Waals surface area contributed by atoms with E-state index in [9.17, 15) is 9.59 Å². The highest BCUT2D eigenvalue weighted by Crippen LogP contribution is 2.30. The maximum absolute atomic E-state index is 13.0. The summed E-state index contributed by atoms with van der Waals surface area (Å²) in [5.74, 6) is 0.943. The fourth-order valence-electron chi connectivity index (χ4n) is 4.30. The van der Waals surface area contributed by atoms with E-state index in [2.05, 4.69) is 12.1 Å². The minimum Gasteiger partial charge on any atom is -0.497 e. The standard InChI is InChI=1S/C23H26N2O3/c1-28-21-9-5-8-18(12-21)13-22(26)24-15-19-10-11-20(16-24)25(23(19)27)14-17-6-3-2-4-7-17/h2-9,12,19-20H,10-11,13-16H2,1H3/t19-,20+/m1/s1. The van der Waals surface area contributed by atoms with Gasteiger partial charge >= 0.3 is 0 Å². The van der Waals surface area contributed by atoms with E-state index in [-0.39, 0.29) is 23.8 Å². The second-order valence-electron chi connectivity index (χ2n) is 7.71. The molecule has 3 saturated heterocycles. The van der Waals surface area contributed by atoms with Gasteiger partial charge < -0.3 is 14.5 Å². The zero-order valence-electron chi connectivity index (χ0n) is 16.2. The number of piperidine rings is 1. The summed E-state index contributed by atoms with van der Waals surface area (Å²) >= 11 is 0. The van der Waals surface area contributed by atoms with Crippen molar-refractivity contribution in [2.45, 2.75) is 31.8 Å². The summed E-state index contributed by atoms with van der Waals surface area (Å²) in [4.78, 5) is 29.8. The molecule has 2 atom stereocenters. The first-order valence-corrected chi connectivity index (χ1v) is 9.89. The van der Waals surface area contributed by atoms with Crippen LogP contribution in [0, 0.1) is 5.92 Å². The predicted molar refractivity (Wildman–Crippen MR) is 107 cm³/mol. The molecule has 2 bridgehead atoms. The number of carbonyl (C=O) groups excluding carboxylic acids is 2. The molecule has 2 amide bonds. The van der Waals surface area contributed by atoms with Crippen LogP contribution in [0.1, 0.15) is 24.0 Å². The molecule has 3 fully saturated rings. The van der Waals surface area contributed by atoms with E-state index < -0.39 is 0 Å². The number of benzene rings is 2. The second kappa shape index (κ2) is 8.05. The lowest BCUT2D eigenvalue weighted by molar-refractivity contribution is -0.140. The molecule has 0 aromatic heterocycles. The van der Waals surface area contributed by atoms with Gasteiger partial charge in [0, 0.05) is 25.7 Å². The fraction of sp³-hybridized carbons (Fsp3) is 0.391. The SMILES string of the molecule is COc1cccc(CC(=O)N2C[C@H]3CC[C@@H](C2)N(Cc2ccccc2)C3=O)c1. The van der Waals surface area contributed by atoms with Gasteiger partial charge in [0.05, 0.1) is 19.4 Å². The molecular formula is C23H26N2O3. The molecule has 0 N–H and O–H groups in total. The molecule has 0 aliphatic carbocycles. The lowest BCUT2D eigenvalue weighted by Gasteiger charge is -2.36. The quantitative estimate of drug-likeness (QED) is 0.804. The maximum Gasteiger partial charge on any atom is 0.228 e. The molecule has 0 unspecified atom stereocenters. The maximum atomic E-state index is 13.0. The van der Waals surface area contributed by atoms with Gasteiger partial charge in [-0.25, -0.2) is 0 Å². The molecule has 3 heterocycles. The molecule has 0 radical (unpaired) electrons. The average Bonchev–Trinajstić information content (AvgIpc) is 3.01. The first-order valence-electron chi connectivity index (χ1n) is 9.89. The van der Waals surface area contributed by atoms with Crippen LogP contribution >= 0.6 is 0 Å². The number of fused-ring (bicyclic) bond motifs is 4. The third kappa shape index (κ3) is 3.88. The zero-order valence-corrected chi connectivity index (χ0v) is 16.2. The van der Waals surface area contributed by atoms with Crippen molar-refractivity contribution >= 4 is 11.8 Å². The Hall–Kier alpha value is -2.82. The van der Waals surface area contributed by atoms with Crippen molar-refractivity contribution in [1.82, 2.24) is 9.80 Å². The van der Waals surface area contributed by atoms with Crippen molar-refractivity contribution in [3.63, 3.8) is 0 Å². The van der Waals surface area contributed by atoms with Crippen LogP contribution in [0.5, 0.6) is 5.75 Å². The Kier molecular flexibility index (Phi) is 5.33. The van der Waals surface area contributed by atoms with Crippen molar-refractivity contribution in [2.75, 3.05) is 20.2 Å². The van der Waals surface area contributed by atoms with Crippen LogP contribution < -0.4 is 4.74 Å². The molecular weight excluding hydrogens is 352 g/mol. The smallest absolute Gasteiger partial charge is 0.228 e. The number of hydrogen-bond acceptors (Lipinski definition) is 3. The number of rotatable bonds is 5. The Morgan fingerprint density at radius 2 is 1.82 bits per heavy atom. The molecule has 0 spiro atoms. The van der Waals surface area contributed by atoms with E-state index in [1.807, 2.05) is 52.3 Å². The Balaban J connectivity index is 1.47. The Morgan fingerprint density at radius 1 is 1.04 bits per heavy atom. The first-order chi connectivity index (χ1) is 13.6. The fourth-order valence-corrected chi connectivity index (χ4v) is 4.30.